The van der Waals surface area contributed by atoms with E-state index in [9.17, 15) is 9.59 Å². The number of fused-ring (bicyclic) bond motifs is 3. The predicted octanol–water partition coefficient (Wildman–Crippen LogP) is 4.40. The zero-order valence-corrected chi connectivity index (χ0v) is 24.2. The van der Waals surface area contributed by atoms with Gasteiger partial charge in [0.1, 0.15) is 5.76 Å². The van der Waals surface area contributed by atoms with E-state index in [1.807, 2.05) is 13.8 Å². The van der Waals surface area contributed by atoms with E-state index in [4.69, 9.17) is 28.4 Å². The van der Waals surface area contributed by atoms with Gasteiger partial charge in [-0.15, -0.1) is 0 Å². The zero-order valence-electron chi connectivity index (χ0n) is 24.2. The normalized spacial score (nSPS) is 32.0. The van der Waals surface area contributed by atoms with Gasteiger partial charge in [-0.25, -0.2) is 4.79 Å². The van der Waals surface area contributed by atoms with Crippen molar-refractivity contribution in [3.8, 4) is 11.5 Å². The van der Waals surface area contributed by atoms with Gasteiger partial charge < -0.3 is 28.4 Å². The van der Waals surface area contributed by atoms with Gasteiger partial charge in [0.2, 0.25) is 6.79 Å². The SMILES string of the molecule is COC1=CC23CCCN2CCc2cc4c(cc2C3C1OC(=O)[C@@]1(CC(=O)OC(C)C)CCCC(C)(C)O1)OCO4. The van der Waals surface area contributed by atoms with Crippen LogP contribution in [0.1, 0.15) is 83.3 Å². The van der Waals surface area contributed by atoms with Gasteiger partial charge in [0, 0.05) is 6.54 Å². The molecule has 1 spiro atoms. The summed E-state index contributed by atoms with van der Waals surface area (Å²) in [6.07, 6.45) is 5.77. The Morgan fingerprint density at radius 3 is 2.58 bits per heavy atom. The smallest absolute Gasteiger partial charge is 0.339 e. The largest absolute Gasteiger partial charge is 0.497 e. The van der Waals surface area contributed by atoms with E-state index in [1.54, 1.807) is 21.0 Å². The van der Waals surface area contributed by atoms with Crippen molar-refractivity contribution in [1.82, 2.24) is 4.90 Å². The van der Waals surface area contributed by atoms with Crippen molar-refractivity contribution in [2.45, 2.75) is 108 Å². The van der Waals surface area contributed by atoms with Gasteiger partial charge in [-0.1, -0.05) is 0 Å². The van der Waals surface area contributed by atoms with Crippen LogP contribution < -0.4 is 9.47 Å². The Bertz CT molecular complexity index is 1220. The third kappa shape index (κ3) is 4.55. The molecule has 0 bridgehead atoms. The number of hydrogen-bond acceptors (Lipinski definition) is 9. The molecule has 0 N–H and O–H groups in total. The molecule has 0 saturated carbocycles. The number of rotatable bonds is 6. The second-order valence-corrected chi connectivity index (χ2v) is 12.7. The molecule has 9 nitrogen and oxygen atoms in total. The number of carbonyl (C=O) groups is 2. The Balaban J connectivity index is 1.39. The molecule has 4 atom stereocenters. The van der Waals surface area contributed by atoms with Crippen molar-refractivity contribution in [3.05, 3.63) is 35.1 Å². The van der Waals surface area contributed by atoms with E-state index >= 15 is 0 Å². The van der Waals surface area contributed by atoms with Crippen LogP contribution in [-0.2, 0) is 35.0 Å². The molecule has 0 amide bonds. The first-order valence-corrected chi connectivity index (χ1v) is 14.6. The summed E-state index contributed by atoms with van der Waals surface area (Å²) in [4.78, 5) is 29.7. The number of ether oxygens (including phenoxy) is 6. The van der Waals surface area contributed by atoms with Crippen molar-refractivity contribution in [3.63, 3.8) is 0 Å². The lowest BCUT2D eigenvalue weighted by molar-refractivity contribution is -0.217. The maximum atomic E-state index is 14.3. The van der Waals surface area contributed by atoms with Crippen molar-refractivity contribution >= 4 is 11.9 Å². The van der Waals surface area contributed by atoms with Crippen LogP contribution >= 0.6 is 0 Å². The summed E-state index contributed by atoms with van der Waals surface area (Å²) in [5.74, 6) is 0.887. The monoisotopic (exact) mass is 555 g/mol. The molecule has 2 fully saturated rings. The number of methoxy groups -OCH3 is 1. The second kappa shape index (κ2) is 9.94. The van der Waals surface area contributed by atoms with Crippen LogP contribution in [0.3, 0.4) is 0 Å². The first kappa shape index (κ1) is 27.4. The molecule has 1 aromatic rings. The molecular weight excluding hydrogens is 514 g/mol. The highest BCUT2D eigenvalue weighted by Gasteiger charge is 2.60. The van der Waals surface area contributed by atoms with Crippen LogP contribution in [0.5, 0.6) is 11.5 Å². The summed E-state index contributed by atoms with van der Waals surface area (Å²) in [6, 6.07) is 4.14. The van der Waals surface area contributed by atoms with Gasteiger partial charge in [-0.3, -0.25) is 9.69 Å². The number of hydrogen-bond donors (Lipinski definition) is 0. The van der Waals surface area contributed by atoms with E-state index in [2.05, 4.69) is 23.1 Å². The van der Waals surface area contributed by atoms with Crippen LogP contribution in [0.2, 0.25) is 0 Å². The lowest BCUT2D eigenvalue weighted by Crippen LogP contribution is -2.54. The lowest BCUT2D eigenvalue weighted by atomic mass is 9.77. The molecule has 6 rings (SSSR count). The summed E-state index contributed by atoms with van der Waals surface area (Å²) in [5.41, 5.74) is -0.0967. The van der Waals surface area contributed by atoms with Crippen molar-refractivity contribution in [2.24, 2.45) is 0 Å². The van der Waals surface area contributed by atoms with Gasteiger partial charge in [0.05, 0.1) is 36.7 Å². The molecule has 4 aliphatic heterocycles. The summed E-state index contributed by atoms with van der Waals surface area (Å²) in [7, 11) is 1.63. The van der Waals surface area contributed by atoms with E-state index in [0.29, 0.717) is 17.9 Å². The molecule has 0 aromatic heterocycles. The van der Waals surface area contributed by atoms with Crippen LogP contribution in [-0.4, -0.2) is 72.8 Å². The highest BCUT2D eigenvalue weighted by molar-refractivity contribution is 5.86. The standard InChI is InChI=1S/C31H41NO8/c1-19(2)38-25(33)17-31(11-6-9-29(3,4)40-31)28(34)39-27-24(35-5)16-30-10-7-12-32(30)13-8-20-14-22-23(37-18-36-22)15-21(20)26(27)30/h14-16,19,26-27H,6-13,17-18H2,1-5H3/t26?,27?,30?,31-/m0/s1. The fraction of sp³-hybridized carbons (Fsp3) is 0.677. The fourth-order valence-electron chi connectivity index (χ4n) is 7.63. The van der Waals surface area contributed by atoms with Gasteiger partial charge >= 0.3 is 11.9 Å². The molecule has 2 saturated heterocycles. The van der Waals surface area contributed by atoms with Gasteiger partial charge in [0.15, 0.2) is 23.2 Å². The maximum absolute atomic E-state index is 14.3. The average Bonchev–Trinajstić information content (AvgIpc) is 3.56. The molecule has 218 valence electrons. The quantitative estimate of drug-likeness (QED) is 0.474. The highest BCUT2D eigenvalue weighted by atomic mass is 16.7. The van der Waals surface area contributed by atoms with Crippen LogP contribution in [0, 0.1) is 0 Å². The topological polar surface area (TPSA) is 92.8 Å². The molecule has 3 unspecified atom stereocenters. The predicted molar refractivity (Wildman–Crippen MR) is 145 cm³/mol. The van der Waals surface area contributed by atoms with Gasteiger partial charge in [0.25, 0.3) is 0 Å². The Kier molecular flexibility index (Phi) is 6.81. The number of nitrogens with zero attached hydrogens (tertiary/aromatic N) is 1. The molecule has 9 heteroatoms. The number of esters is 2. The zero-order chi connectivity index (χ0) is 28.3. The summed E-state index contributed by atoms with van der Waals surface area (Å²) >= 11 is 0. The first-order valence-electron chi connectivity index (χ1n) is 14.6. The fourth-order valence-corrected chi connectivity index (χ4v) is 7.63. The van der Waals surface area contributed by atoms with E-state index in [-0.39, 0.29) is 30.8 Å². The maximum Gasteiger partial charge on any atom is 0.339 e. The molecule has 40 heavy (non-hydrogen) atoms. The van der Waals surface area contributed by atoms with Crippen molar-refractivity contribution in [1.29, 1.82) is 0 Å². The number of benzene rings is 1. The first-order chi connectivity index (χ1) is 19.1. The van der Waals surface area contributed by atoms with E-state index in [1.165, 1.54) is 5.56 Å². The van der Waals surface area contributed by atoms with Crippen LogP contribution in [0.4, 0.5) is 0 Å². The third-order valence-electron chi connectivity index (χ3n) is 9.20. The third-order valence-corrected chi connectivity index (χ3v) is 9.20. The molecule has 1 aliphatic carbocycles. The highest BCUT2D eigenvalue weighted by Crippen LogP contribution is 2.56. The Morgan fingerprint density at radius 1 is 1.07 bits per heavy atom. The van der Waals surface area contributed by atoms with Gasteiger partial charge in [-0.2, -0.15) is 0 Å². The molecule has 4 heterocycles. The van der Waals surface area contributed by atoms with Gasteiger partial charge in [-0.05, 0) is 102 Å². The van der Waals surface area contributed by atoms with Crippen molar-refractivity contribution in [2.75, 3.05) is 27.0 Å². The lowest BCUT2D eigenvalue weighted by Gasteiger charge is -2.44. The molecule has 0 radical (unpaired) electrons. The summed E-state index contributed by atoms with van der Waals surface area (Å²) in [6.45, 7) is 9.55. The number of carbonyl (C=O) groups excluding carboxylic acids is 2. The minimum Gasteiger partial charge on any atom is -0.497 e. The minimum atomic E-state index is -1.43. The minimum absolute atomic E-state index is 0.191. The molecular formula is C31H41NO8. The average molecular weight is 556 g/mol. The molecule has 1 aromatic carbocycles. The van der Waals surface area contributed by atoms with Crippen molar-refractivity contribution < 1.29 is 38.0 Å². The Morgan fingerprint density at radius 2 is 1.85 bits per heavy atom. The Labute approximate surface area is 236 Å². The molecule has 5 aliphatic rings. The second-order valence-electron chi connectivity index (χ2n) is 12.7. The van der Waals surface area contributed by atoms with E-state index in [0.717, 1.165) is 56.5 Å². The summed E-state index contributed by atoms with van der Waals surface area (Å²) < 4.78 is 35.8. The van der Waals surface area contributed by atoms with E-state index < -0.39 is 29.2 Å². The summed E-state index contributed by atoms with van der Waals surface area (Å²) in [5, 5.41) is 0. The van der Waals surface area contributed by atoms with Crippen LogP contribution in [0.25, 0.3) is 0 Å². The Hall–Kier alpha value is -2.78. The van der Waals surface area contributed by atoms with Crippen LogP contribution in [0.15, 0.2) is 24.0 Å².